The molecule has 1 heterocycles. The van der Waals surface area contributed by atoms with Crippen molar-refractivity contribution in [3.05, 3.63) is 76.1 Å². The Balaban J connectivity index is 1.84. The van der Waals surface area contributed by atoms with E-state index in [9.17, 15) is 9.18 Å². The lowest BCUT2D eigenvalue weighted by Crippen LogP contribution is -2.13. The Hall–Kier alpha value is -2.47. The Bertz CT molecular complexity index is 862. The number of aromatic nitrogens is 2. The minimum Gasteiger partial charge on any atom is -0.305 e. The maximum Gasteiger partial charge on any atom is 0.256 e. The zero-order chi connectivity index (χ0) is 16.4. The van der Waals surface area contributed by atoms with Gasteiger partial charge in [-0.1, -0.05) is 18.2 Å². The Morgan fingerprint density at radius 1 is 1.22 bits per heavy atom. The van der Waals surface area contributed by atoms with Gasteiger partial charge in [-0.3, -0.25) is 4.79 Å². The van der Waals surface area contributed by atoms with Crippen LogP contribution in [-0.4, -0.2) is 15.7 Å². The van der Waals surface area contributed by atoms with Crippen LogP contribution in [0, 0.1) is 12.7 Å². The molecule has 0 aliphatic rings. The maximum absolute atomic E-state index is 13.5. The van der Waals surface area contributed by atoms with Crippen LogP contribution in [0.25, 0.3) is 5.69 Å². The van der Waals surface area contributed by atoms with Gasteiger partial charge in [0.25, 0.3) is 5.91 Å². The molecule has 0 radical (unpaired) electrons. The second kappa shape index (κ2) is 6.34. The summed E-state index contributed by atoms with van der Waals surface area (Å²) in [6, 6.07) is 13.8. The number of aryl methyl sites for hydroxylation is 1. The van der Waals surface area contributed by atoms with E-state index in [1.807, 2.05) is 43.5 Å². The summed E-state index contributed by atoms with van der Waals surface area (Å²) in [5.74, 6) is -0.441. The first kappa shape index (κ1) is 15.4. The van der Waals surface area contributed by atoms with Crippen molar-refractivity contribution in [3.63, 3.8) is 0 Å². The lowest BCUT2D eigenvalue weighted by Gasteiger charge is -2.04. The summed E-state index contributed by atoms with van der Waals surface area (Å²) < 4.78 is 15.5. The largest absolute Gasteiger partial charge is 0.305 e. The summed E-state index contributed by atoms with van der Waals surface area (Å²) >= 11 is 3.06. The molecule has 0 saturated carbocycles. The van der Waals surface area contributed by atoms with E-state index >= 15 is 0 Å². The number of para-hydroxylation sites is 1. The maximum atomic E-state index is 13.5. The number of nitrogens with zero attached hydrogens (tertiary/aromatic N) is 2. The van der Waals surface area contributed by atoms with Crippen molar-refractivity contribution in [2.45, 2.75) is 6.92 Å². The van der Waals surface area contributed by atoms with Gasteiger partial charge in [0.1, 0.15) is 5.82 Å². The second-order valence-electron chi connectivity index (χ2n) is 5.02. The fourth-order valence-corrected chi connectivity index (χ4v) is 2.36. The van der Waals surface area contributed by atoms with E-state index in [2.05, 4.69) is 26.3 Å². The van der Waals surface area contributed by atoms with Crippen LogP contribution in [0.5, 0.6) is 0 Å². The molecule has 0 bridgehead atoms. The van der Waals surface area contributed by atoms with Crippen LogP contribution in [0.1, 0.15) is 15.9 Å². The predicted octanol–water partition coefficient (Wildman–Crippen LogP) is 4.33. The summed E-state index contributed by atoms with van der Waals surface area (Å²) in [6.07, 6.45) is 1.83. The van der Waals surface area contributed by atoms with Crippen LogP contribution in [-0.2, 0) is 0 Å². The highest BCUT2D eigenvalue weighted by atomic mass is 79.9. The van der Waals surface area contributed by atoms with Crippen molar-refractivity contribution in [3.8, 4) is 5.69 Å². The van der Waals surface area contributed by atoms with E-state index in [0.29, 0.717) is 10.3 Å². The lowest BCUT2D eigenvalue weighted by atomic mass is 10.2. The molecule has 3 rings (SSSR count). The number of halogens is 2. The molecule has 6 heteroatoms. The molecule has 0 aliphatic carbocycles. The van der Waals surface area contributed by atoms with Gasteiger partial charge in [0.05, 0.1) is 10.2 Å². The van der Waals surface area contributed by atoms with E-state index in [0.717, 1.165) is 11.3 Å². The number of carbonyl (C=O) groups excluding carboxylic acids is 1. The summed E-state index contributed by atoms with van der Waals surface area (Å²) in [5.41, 5.74) is 1.95. The number of rotatable bonds is 3. The Morgan fingerprint density at radius 3 is 2.65 bits per heavy atom. The first-order chi connectivity index (χ1) is 11.0. The van der Waals surface area contributed by atoms with Crippen LogP contribution >= 0.6 is 15.9 Å². The summed E-state index contributed by atoms with van der Waals surface area (Å²) in [5, 5.41) is 7.08. The molecule has 2 aromatic carbocycles. The standard InChI is InChI=1S/C17H13BrFN3O/c1-11-10-22(13-5-3-2-4-6-13)21-16(11)20-17(23)12-7-8-14(18)15(19)9-12/h2-10H,1H3,(H,20,21,23). The Kier molecular flexibility index (Phi) is 4.25. The fraction of sp³-hybridized carbons (Fsp3) is 0.0588. The van der Waals surface area contributed by atoms with Crippen LogP contribution in [0.3, 0.4) is 0 Å². The highest BCUT2D eigenvalue weighted by molar-refractivity contribution is 9.10. The van der Waals surface area contributed by atoms with Crippen molar-refractivity contribution < 1.29 is 9.18 Å². The molecule has 116 valence electrons. The van der Waals surface area contributed by atoms with Crippen molar-refractivity contribution in [2.24, 2.45) is 0 Å². The normalized spacial score (nSPS) is 10.6. The number of benzene rings is 2. The molecule has 0 unspecified atom stereocenters. The van der Waals surface area contributed by atoms with Crippen LogP contribution < -0.4 is 5.32 Å². The molecular formula is C17H13BrFN3O. The molecule has 1 amide bonds. The molecule has 1 aromatic heterocycles. The Morgan fingerprint density at radius 2 is 1.96 bits per heavy atom. The molecule has 0 spiro atoms. The number of hydrogen-bond donors (Lipinski definition) is 1. The van der Waals surface area contributed by atoms with E-state index in [-0.39, 0.29) is 5.56 Å². The van der Waals surface area contributed by atoms with Gasteiger partial charge in [0.15, 0.2) is 5.82 Å². The number of hydrogen-bond acceptors (Lipinski definition) is 2. The zero-order valence-electron chi connectivity index (χ0n) is 12.3. The minimum absolute atomic E-state index is 0.236. The summed E-state index contributed by atoms with van der Waals surface area (Å²) in [4.78, 5) is 12.2. The zero-order valence-corrected chi connectivity index (χ0v) is 13.8. The van der Waals surface area contributed by atoms with Gasteiger partial charge in [0.2, 0.25) is 0 Å². The van der Waals surface area contributed by atoms with Crippen molar-refractivity contribution in [1.82, 2.24) is 9.78 Å². The van der Waals surface area contributed by atoms with Crippen molar-refractivity contribution in [2.75, 3.05) is 5.32 Å². The van der Waals surface area contributed by atoms with Crippen molar-refractivity contribution >= 4 is 27.7 Å². The minimum atomic E-state index is -0.482. The van der Waals surface area contributed by atoms with Gasteiger partial charge < -0.3 is 5.32 Å². The first-order valence-corrected chi connectivity index (χ1v) is 7.72. The smallest absolute Gasteiger partial charge is 0.256 e. The number of amides is 1. The average molecular weight is 374 g/mol. The number of nitrogens with one attached hydrogen (secondary N) is 1. The SMILES string of the molecule is Cc1cn(-c2ccccc2)nc1NC(=O)c1ccc(Br)c(F)c1. The second-order valence-corrected chi connectivity index (χ2v) is 5.88. The third-order valence-corrected chi connectivity index (χ3v) is 3.97. The van der Waals surface area contributed by atoms with Gasteiger partial charge in [0, 0.05) is 17.3 Å². The fourth-order valence-electron chi connectivity index (χ4n) is 2.11. The van der Waals surface area contributed by atoms with Crippen LogP contribution in [0.2, 0.25) is 0 Å². The van der Waals surface area contributed by atoms with Crippen LogP contribution in [0.4, 0.5) is 10.2 Å². The Labute approximate surface area is 141 Å². The monoisotopic (exact) mass is 373 g/mol. The van der Waals surface area contributed by atoms with E-state index in [1.165, 1.54) is 12.1 Å². The lowest BCUT2D eigenvalue weighted by molar-refractivity contribution is 0.102. The third-order valence-electron chi connectivity index (χ3n) is 3.33. The van der Waals surface area contributed by atoms with Gasteiger partial charge in [-0.25, -0.2) is 9.07 Å². The van der Waals surface area contributed by atoms with Gasteiger partial charge in [-0.05, 0) is 53.2 Å². The van der Waals surface area contributed by atoms with E-state index in [1.54, 1.807) is 10.7 Å². The highest BCUT2D eigenvalue weighted by Crippen LogP contribution is 2.19. The molecule has 4 nitrogen and oxygen atoms in total. The molecule has 1 N–H and O–H groups in total. The predicted molar refractivity (Wildman–Crippen MR) is 90.4 cm³/mol. The molecule has 3 aromatic rings. The highest BCUT2D eigenvalue weighted by Gasteiger charge is 2.13. The number of carbonyl (C=O) groups is 1. The number of anilines is 1. The van der Waals surface area contributed by atoms with Gasteiger partial charge >= 0.3 is 0 Å². The molecule has 0 fully saturated rings. The molecule has 0 atom stereocenters. The van der Waals surface area contributed by atoms with E-state index in [4.69, 9.17) is 0 Å². The van der Waals surface area contributed by atoms with Gasteiger partial charge in [-0.2, -0.15) is 0 Å². The average Bonchev–Trinajstić information content (AvgIpc) is 2.92. The van der Waals surface area contributed by atoms with Crippen molar-refractivity contribution in [1.29, 1.82) is 0 Å². The molecule has 0 saturated heterocycles. The first-order valence-electron chi connectivity index (χ1n) is 6.92. The summed E-state index contributed by atoms with van der Waals surface area (Å²) in [6.45, 7) is 1.85. The quantitative estimate of drug-likeness (QED) is 0.742. The topological polar surface area (TPSA) is 46.9 Å². The molecule has 0 aliphatic heterocycles. The molecular weight excluding hydrogens is 361 g/mol. The summed E-state index contributed by atoms with van der Waals surface area (Å²) in [7, 11) is 0. The van der Waals surface area contributed by atoms with E-state index < -0.39 is 11.7 Å². The van der Waals surface area contributed by atoms with Gasteiger partial charge in [-0.15, -0.1) is 5.10 Å². The third kappa shape index (κ3) is 3.32. The molecule has 23 heavy (non-hydrogen) atoms. The van der Waals surface area contributed by atoms with Crippen LogP contribution in [0.15, 0.2) is 59.2 Å².